The maximum atomic E-state index is 12.4. The van der Waals surface area contributed by atoms with E-state index in [9.17, 15) is 4.79 Å². The van der Waals surface area contributed by atoms with Crippen LogP contribution in [0.15, 0.2) is 60.5 Å². The predicted molar refractivity (Wildman–Crippen MR) is 108 cm³/mol. The van der Waals surface area contributed by atoms with Crippen molar-refractivity contribution in [2.24, 2.45) is 4.99 Å². The second-order valence-corrected chi connectivity index (χ2v) is 5.84. The summed E-state index contributed by atoms with van der Waals surface area (Å²) in [6, 6.07) is 9.32. The Balaban J connectivity index is 2.06. The highest BCUT2D eigenvalue weighted by Gasteiger charge is 2.26. The lowest BCUT2D eigenvalue weighted by Gasteiger charge is -2.14. The lowest BCUT2D eigenvalue weighted by molar-refractivity contribution is 0.0966. The highest BCUT2D eigenvalue weighted by molar-refractivity contribution is 6.28. The second kappa shape index (κ2) is 8.09. The third-order valence-corrected chi connectivity index (χ3v) is 4.05. The molecule has 0 aliphatic carbocycles. The first kappa shape index (κ1) is 18.1. The van der Waals surface area contributed by atoms with E-state index in [0.717, 1.165) is 11.1 Å². The van der Waals surface area contributed by atoms with E-state index in [1.54, 1.807) is 25.5 Å². The van der Waals surface area contributed by atoms with Crippen LogP contribution in [-0.2, 0) is 6.54 Å². The molecule has 0 bridgehead atoms. The van der Waals surface area contributed by atoms with Crippen molar-refractivity contribution in [2.75, 3.05) is 5.32 Å². The lowest BCUT2D eigenvalue weighted by Crippen LogP contribution is -2.13. The number of aromatic nitrogens is 1. The van der Waals surface area contributed by atoms with Crippen molar-refractivity contribution in [3.05, 3.63) is 72.2 Å². The van der Waals surface area contributed by atoms with Gasteiger partial charge in [-0.3, -0.25) is 9.79 Å². The van der Waals surface area contributed by atoms with Gasteiger partial charge in [0.25, 0.3) is 5.91 Å². The Bertz CT molecular complexity index is 946. The predicted octanol–water partition coefficient (Wildman–Crippen LogP) is 3.21. The van der Waals surface area contributed by atoms with Crippen LogP contribution in [0.4, 0.5) is 11.5 Å². The van der Waals surface area contributed by atoms with E-state index >= 15 is 0 Å². The molecular formula is C20H20N6O. The van der Waals surface area contributed by atoms with Crippen LogP contribution >= 0.6 is 0 Å². The Labute approximate surface area is 157 Å². The van der Waals surface area contributed by atoms with Gasteiger partial charge < -0.3 is 21.4 Å². The Kier molecular flexibility index (Phi) is 5.41. The van der Waals surface area contributed by atoms with Crippen LogP contribution < -0.4 is 16.0 Å². The summed E-state index contributed by atoms with van der Waals surface area (Å²) in [5, 5.41) is 16.4. The lowest BCUT2D eigenvalue weighted by atomic mass is 9.99. The number of amides is 1. The van der Waals surface area contributed by atoms with Crippen molar-refractivity contribution in [1.82, 2.24) is 15.6 Å². The van der Waals surface area contributed by atoms with Crippen LogP contribution in [0, 0.1) is 5.41 Å². The van der Waals surface area contributed by atoms with Crippen LogP contribution in [0.25, 0.3) is 5.70 Å². The topological polar surface area (TPSA) is 102 Å². The van der Waals surface area contributed by atoms with Gasteiger partial charge in [-0.15, -0.1) is 0 Å². The van der Waals surface area contributed by atoms with E-state index < -0.39 is 0 Å². The molecule has 0 radical (unpaired) electrons. The van der Waals surface area contributed by atoms with Gasteiger partial charge in [-0.1, -0.05) is 18.7 Å². The number of carbonyl (C=O) groups excluding carboxylic acids is 1. The molecule has 7 heteroatoms. The van der Waals surface area contributed by atoms with Gasteiger partial charge >= 0.3 is 0 Å². The number of benzene rings is 1. The number of nitrogens with zero attached hydrogens (tertiary/aromatic N) is 2. The van der Waals surface area contributed by atoms with Crippen LogP contribution in [-0.4, -0.2) is 22.8 Å². The molecule has 1 aliphatic rings. The third-order valence-electron chi connectivity index (χ3n) is 4.05. The third kappa shape index (κ3) is 3.92. The summed E-state index contributed by atoms with van der Waals surface area (Å²) < 4.78 is 0. The monoisotopic (exact) mass is 360 g/mol. The van der Waals surface area contributed by atoms with Crippen LogP contribution in [0.5, 0.6) is 0 Å². The Morgan fingerprint density at radius 1 is 1.37 bits per heavy atom. The van der Waals surface area contributed by atoms with Crippen LogP contribution in [0.2, 0.25) is 0 Å². The van der Waals surface area contributed by atoms with Gasteiger partial charge in [0.1, 0.15) is 5.82 Å². The molecule has 1 aliphatic heterocycles. The highest BCUT2D eigenvalue weighted by Crippen LogP contribution is 2.32. The zero-order valence-corrected chi connectivity index (χ0v) is 14.9. The maximum absolute atomic E-state index is 12.4. The van der Waals surface area contributed by atoms with E-state index in [0.29, 0.717) is 35.0 Å². The molecule has 4 N–H and O–H groups in total. The van der Waals surface area contributed by atoms with Crippen LogP contribution in [0.3, 0.4) is 0 Å². The molecule has 7 nitrogen and oxygen atoms in total. The largest absolute Gasteiger partial charge is 0.361 e. The van der Waals surface area contributed by atoms with E-state index in [-0.39, 0.29) is 5.91 Å². The molecule has 2 heterocycles. The minimum Gasteiger partial charge on any atom is -0.361 e. The Morgan fingerprint density at radius 2 is 2.22 bits per heavy atom. The zero-order chi connectivity index (χ0) is 19.2. The number of anilines is 2. The number of pyridine rings is 1. The molecule has 0 unspecified atom stereocenters. The number of rotatable bonds is 7. The molecule has 1 aromatic carbocycles. The summed E-state index contributed by atoms with van der Waals surface area (Å²) in [7, 11) is 0. The minimum absolute atomic E-state index is 0.137. The van der Waals surface area contributed by atoms with Crippen molar-refractivity contribution < 1.29 is 4.79 Å². The first-order valence-electron chi connectivity index (χ1n) is 8.39. The number of aliphatic imine (C=N–C) groups is 1. The maximum Gasteiger partial charge on any atom is 0.254 e. The van der Waals surface area contributed by atoms with Crippen molar-refractivity contribution >= 4 is 35.0 Å². The summed E-state index contributed by atoms with van der Waals surface area (Å²) in [5.41, 5.74) is 4.25. The molecule has 3 rings (SSSR count). The van der Waals surface area contributed by atoms with Crippen molar-refractivity contribution in [3.8, 4) is 0 Å². The van der Waals surface area contributed by atoms with Gasteiger partial charge in [0.15, 0.2) is 0 Å². The smallest absolute Gasteiger partial charge is 0.254 e. The number of nitrogens with one attached hydrogen (secondary N) is 4. The van der Waals surface area contributed by atoms with Gasteiger partial charge in [-0.05, 0) is 36.9 Å². The molecule has 0 fully saturated rings. The average molecular weight is 360 g/mol. The number of fused-ring (bicyclic) bond motifs is 1. The number of hydrogen-bond donors (Lipinski definition) is 4. The fourth-order valence-electron chi connectivity index (χ4n) is 2.78. The van der Waals surface area contributed by atoms with E-state index in [2.05, 4.69) is 32.5 Å². The summed E-state index contributed by atoms with van der Waals surface area (Å²) in [5.74, 6) is 0.528. The van der Waals surface area contributed by atoms with E-state index in [1.807, 2.05) is 30.3 Å². The highest BCUT2D eigenvalue weighted by atomic mass is 16.1. The fourth-order valence-corrected chi connectivity index (χ4v) is 2.78. The first-order valence-corrected chi connectivity index (χ1v) is 8.39. The summed E-state index contributed by atoms with van der Waals surface area (Å²) in [6.45, 7) is 5.87. The standard InChI is InChI=1S/C20H20N6O/c1-3-22-17(12-24-13(2)10-21)14-7-8-16(19-15(14)11-25-20(19)27)26-18-6-4-5-9-23-18/h3-10,12,21-22H,1,11H2,2H3,(H,23,26)(H,25,27)/b17-12-,21-10?,24-13+. The van der Waals surface area contributed by atoms with Crippen molar-refractivity contribution in [1.29, 1.82) is 5.41 Å². The molecule has 1 aromatic heterocycles. The van der Waals surface area contributed by atoms with Crippen LogP contribution in [0.1, 0.15) is 28.4 Å². The normalized spacial score (nSPS) is 13.6. The molecule has 136 valence electrons. The van der Waals surface area contributed by atoms with E-state index in [1.165, 1.54) is 6.21 Å². The quantitative estimate of drug-likeness (QED) is 0.569. The molecule has 27 heavy (non-hydrogen) atoms. The van der Waals surface area contributed by atoms with Crippen molar-refractivity contribution in [3.63, 3.8) is 0 Å². The molecule has 1 amide bonds. The van der Waals surface area contributed by atoms with E-state index in [4.69, 9.17) is 5.41 Å². The van der Waals surface area contributed by atoms with Gasteiger partial charge in [-0.2, -0.15) is 0 Å². The average Bonchev–Trinajstić information content (AvgIpc) is 3.08. The summed E-state index contributed by atoms with van der Waals surface area (Å²) in [4.78, 5) is 20.9. The second-order valence-electron chi connectivity index (χ2n) is 5.84. The number of hydrogen-bond acceptors (Lipinski definition) is 6. The zero-order valence-electron chi connectivity index (χ0n) is 14.9. The Hall–Kier alpha value is -3.74. The first-order chi connectivity index (χ1) is 13.1. The Morgan fingerprint density at radius 3 is 2.93 bits per heavy atom. The van der Waals surface area contributed by atoms with Gasteiger partial charge in [0, 0.05) is 24.5 Å². The minimum atomic E-state index is -0.137. The van der Waals surface area contributed by atoms with Gasteiger partial charge in [-0.25, -0.2) is 4.98 Å². The molecule has 0 atom stereocenters. The summed E-state index contributed by atoms with van der Waals surface area (Å²) >= 11 is 0. The summed E-state index contributed by atoms with van der Waals surface area (Å²) in [6.07, 6.45) is 6.05. The molecule has 0 spiro atoms. The molecule has 2 aromatic rings. The fraction of sp³-hybridized carbons (Fsp3) is 0.100. The van der Waals surface area contributed by atoms with Crippen molar-refractivity contribution in [2.45, 2.75) is 13.5 Å². The number of carbonyl (C=O) groups is 1. The van der Waals surface area contributed by atoms with Gasteiger partial charge in [0.2, 0.25) is 0 Å². The molecular weight excluding hydrogens is 340 g/mol. The van der Waals surface area contributed by atoms with Gasteiger partial charge in [0.05, 0.1) is 28.9 Å². The molecule has 0 saturated heterocycles. The SMILES string of the molecule is C=CN/C(=C\N=C(/C)C=N)c1ccc(Nc2ccccn2)c2c1CNC2=O. The molecule has 0 saturated carbocycles.